The monoisotopic (exact) mass is 351 g/mol. The highest BCUT2D eigenvalue weighted by molar-refractivity contribution is 6.00. The molecule has 2 aromatic carbocycles. The smallest absolute Gasteiger partial charge is 0.337 e. The predicted octanol–water partition coefficient (Wildman–Crippen LogP) is 3.40. The molecule has 26 heavy (non-hydrogen) atoms. The Morgan fingerprint density at radius 2 is 1.77 bits per heavy atom. The van der Waals surface area contributed by atoms with Gasteiger partial charge in [0.25, 0.3) is 0 Å². The number of para-hydroxylation sites is 1. The van der Waals surface area contributed by atoms with Gasteiger partial charge in [0.15, 0.2) is 0 Å². The van der Waals surface area contributed by atoms with Crippen LogP contribution in [0.3, 0.4) is 0 Å². The van der Waals surface area contributed by atoms with E-state index >= 15 is 0 Å². The molecule has 0 aliphatic rings. The Kier molecular flexibility index (Phi) is 5.38. The molecule has 1 amide bonds. The fraction of sp³-hybridized carbons (Fsp3) is 0.158. The first-order valence-electron chi connectivity index (χ1n) is 8.13. The van der Waals surface area contributed by atoms with Crippen LogP contribution in [0.15, 0.2) is 59.1 Å². The van der Waals surface area contributed by atoms with Crippen LogP contribution in [0.1, 0.15) is 29.1 Å². The van der Waals surface area contributed by atoms with Crippen molar-refractivity contribution in [2.24, 2.45) is 0 Å². The normalized spacial score (nSPS) is 10.5. The zero-order valence-electron chi connectivity index (χ0n) is 13.9. The van der Waals surface area contributed by atoms with Crippen LogP contribution in [-0.2, 0) is 11.2 Å². The summed E-state index contributed by atoms with van der Waals surface area (Å²) < 4.78 is 5.20. The molecule has 2 N–H and O–H groups in total. The quantitative estimate of drug-likeness (QED) is 0.676. The maximum absolute atomic E-state index is 12.0. The second kappa shape index (κ2) is 8.06. The van der Waals surface area contributed by atoms with E-state index in [4.69, 9.17) is 9.63 Å². The number of anilines is 1. The van der Waals surface area contributed by atoms with E-state index in [1.807, 2.05) is 30.3 Å². The number of amides is 1. The number of aryl methyl sites for hydroxylation is 1. The number of nitrogens with zero attached hydrogens (tertiary/aromatic N) is 2. The van der Waals surface area contributed by atoms with Crippen molar-refractivity contribution >= 4 is 17.6 Å². The molecule has 3 rings (SSSR count). The largest absolute Gasteiger partial charge is 0.478 e. The summed E-state index contributed by atoms with van der Waals surface area (Å²) in [6.07, 6.45) is 1.20. The van der Waals surface area contributed by atoms with E-state index in [-0.39, 0.29) is 23.6 Å². The molecule has 0 bridgehead atoms. The van der Waals surface area contributed by atoms with Crippen LogP contribution in [0.4, 0.5) is 5.69 Å². The molecule has 132 valence electrons. The third kappa shape index (κ3) is 4.32. The Hall–Kier alpha value is -3.48. The SMILES string of the molecule is O=C(CCCc1nc(-c2ccccc2)no1)Nc1ccccc1C(=O)O. The first kappa shape index (κ1) is 17.3. The second-order valence-electron chi connectivity index (χ2n) is 5.63. The highest BCUT2D eigenvalue weighted by atomic mass is 16.5. The Labute approximate surface area is 149 Å². The molecule has 0 atom stereocenters. The van der Waals surface area contributed by atoms with Gasteiger partial charge in [0.05, 0.1) is 11.3 Å². The number of carbonyl (C=O) groups excluding carboxylic acids is 1. The summed E-state index contributed by atoms with van der Waals surface area (Å²) in [4.78, 5) is 27.5. The first-order valence-corrected chi connectivity index (χ1v) is 8.13. The number of nitrogens with one attached hydrogen (secondary N) is 1. The van der Waals surface area contributed by atoms with E-state index in [2.05, 4.69) is 15.5 Å². The standard InChI is InChI=1S/C19H17N3O4/c23-16(20-15-10-5-4-9-14(15)19(24)25)11-6-12-17-21-18(22-26-17)13-7-2-1-3-8-13/h1-5,7-10H,6,11-12H2,(H,20,23)(H,24,25). The van der Waals surface area contributed by atoms with Crippen LogP contribution < -0.4 is 5.32 Å². The van der Waals surface area contributed by atoms with Crippen LogP contribution in [0.2, 0.25) is 0 Å². The number of rotatable bonds is 7. The number of hydrogen-bond donors (Lipinski definition) is 2. The minimum atomic E-state index is -1.08. The topological polar surface area (TPSA) is 105 Å². The van der Waals surface area contributed by atoms with Crippen LogP contribution in [-0.4, -0.2) is 27.1 Å². The molecule has 7 nitrogen and oxygen atoms in total. The van der Waals surface area contributed by atoms with Gasteiger partial charge in [-0.25, -0.2) is 4.79 Å². The average molecular weight is 351 g/mol. The van der Waals surface area contributed by atoms with Gasteiger partial charge in [-0.15, -0.1) is 0 Å². The lowest BCUT2D eigenvalue weighted by molar-refractivity contribution is -0.116. The molecular weight excluding hydrogens is 334 g/mol. The van der Waals surface area contributed by atoms with Gasteiger partial charge in [-0.3, -0.25) is 4.79 Å². The molecule has 0 aliphatic carbocycles. The van der Waals surface area contributed by atoms with Crippen molar-refractivity contribution in [3.8, 4) is 11.4 Å². The number of aromatic carboxylic acids is 1. The molecule has 0 unspecified atom stereocenters. The Morgan fingerprint density at radius 3 is 2.54 bits per heavy atom. The van der Waals surface area contributed by atoms with Gasteiger partial charge in [-0.05, 0) is 18.6 Å². The van der Waals surface area contributed by atoms with E-state index in [0.717, 1.165) is 5.56 Å². The van der Waals surface area contributed by atoms with Crippen LogP contribution in [0, 0.1) is 0 Å². The maximum atomic E-state index is 12.0. The van der Waals surface area contributed by atoms with Crippen molar-refractivity contribution in [3.05, 3.63) is 66.1 Å². The molecule has 0 aliphatic heterocycles. The number of aromatic nitrogens is 2. The van der Waals surface area contributed by atoms with Gasteiger partial charge in [0.1, 0.15) is 0 Å². The minimum absolute atomic E-state index is 0.0604. The molecule has 3 aromatic rings. The summed E-state index contributed by atoms with van der Waals surface area (Å²) >= 11 is 0. The lowest BCUT2D eigenvalue weighted by Crippen LogP contribution is -2.14. The van der Waals surface area contributed by atoms with Crippen molar-refractivity contribution in [2.75, 3.05) is 5.32 Å². The molecular formula is C19H17N3O4. The van der Waals surface area contributed by atoms with E-state index in [1.165, 1.54) is 6.07 Å². The molecule has 0 radical (unpaired) electrons. The maximum Gasteiger partial charge on any atom is 0.337 e. The summed E-state index contributed by atoms with van der Waals surface area (Å²) in [5, 5.41) is 15.7. The van der Waals surface area contributed by atoms with Gasteiger partial charge >= 0.3 is 5.97 Å². The number of hydrogen-bond acceptors (Lipinski definition) is 5. The molecule has 0 fully saturated rings. The fourth-order valence-electron chi connectivity index (χ4n) is 2.45. The van der Waals surface area contributed by atoms with Crippen LogP contribution >= 0.6 is 0 Å². The Balaban J connectivity index is 1.52. The molecule has 1 heterocycles. The summed E-state index contributed by atoms with van der Waals surface area (Å²) in [6.45, 7) is 0. The van der Waals surface area contributed by atoms with Gasteiger partial charge in [-0.2, -0.15) is 4.98 Å². The lowest BCUT2D eigenvalue weighted by Gasteiger charge is -2.07. The Morgan fingerprint density at radius 1 is 1.04 bits per heavy atom. The fourth-order valence-corrected chi connectivity index (χ4v) is 2.45. The zero-order chi connectivity index (χ0) is 18.4. The first-order chi connectivity index (χ1) is 12.6. The van der Waals surface area contributed by atoms with Crippen molar-refractivity contribution in [2.45, 2.75) is 19.3 Å². The van der Waals surface area contributed by atoms with E-state index in [0.29, 0.717) is 24.6 Å². The molecule has 0 saturated heterocycles. The number of benzene rings is 2. The molecule has 7 heteroatoms. The van der Waals surface area contributed by atoms with Gasteiger partial charge in [0, 0.05) is 18.4 Å². The second-order valence-corrected chi connectivity index (χ2v) is 5.63. The third-order valence-corrected chi connectivity index (χ3v) is 3.73. The van der Waals surface area contributed by atoms with E-state index in [9.17, 15) is 9.59 Å². The zero-order valence-corrected chi connectivity index (χ0v) is 13.9. The van der Waals surface area contributed by atoms with Crippen molar-refractivity contribution in [3.63, 3.8) is 0 Å². The molecule has 0 spiro atoms. The molecule has 0 saturated carbocycles. The highest BCUT2D eigenvalue weighted by Gasteiger charge is 2.13. The van der Waals surface area contributed by atoms with E-state index < -0.39 is 5.97 Å². The summed E-state index contributed by atoms with van der Waals surface area (Å²) in [6, 6.07) is 15.8. The number of carbonyl (C=O) groups is 2. The average Bonchev–Trinajstić information content (AvgIpc) is 3.11. The van der Waals surface area contributed by atoms with Gasteiger partial charge < -0.3 is 14.9 Å². The number of carboxylic acid groups (broad SMARTS) is 1. The molecule has 1 aromatic heterocycles. The van der Waals surface area contributed by atoms with Gasteiger partial charge in [0.2, 0.25) is 17.6 Å². The summed E-state index contributed by atoms with van der Waals surface area (Å²) in [7, 11) is 0. The van der Waals surface area contributed by atoms with Crippen LogP contribution in [0.5, 0.6) is 0 Å². The summed E-state index contributed by atoms with van der Waals surface area (Å²) in [5.41, 5.74) is 1.21. The highest BCUT2D eigenvalue weighted by Crippen LogP contribution is 2.17. The van der Waals surface area contributed by atoms with Crippen molar-refractivity contribution < 1.29 is 19.2 Å². The van der Waals surface area contributed by atoms with E-state index in [1.54, 1.807) is 18.2 Å². The Bertz CT molecular complexity index is 906. The van der Waals surface area contributed by atoms with Gasteiger partial charge in [-0.1, -0.05) is 47.6 Å². The lowest BCUT2D eigenvalue weighted by atomic mass is 10.1. The van der Waals surface area contributed by atoms with Crippen molar-refractivity contribution in [1.29, 1.82) is 0 Å². The van der Waals surface area contributed by atoms with Crippen molar-refractivity contribution in [1.82, 2.24) is 10.1 Å². The van der Waals surface area contributed by atoms with Crippen LogP contribution in [0.25, 0.3) is 11.4 Å². The predicted molar refractivity (Wildman–Crippen MR) is 94.7 cm³/mol. The number of carboxylic acids is 1. The summed E-state index contributed by atoms with van der Waals surface area (Å²) in [5.74, 6) is -0.371. The third-order valence-electron chi connectivity index (χ3n) is 3.73. The minimum Gasteiger partial charge on any atom is -0.478 e.